The molecule has 146 valence electrons. The van der Waals surface area contributed by atoms with E-state index < -0.39 is 0 Å². The Morgan fingerprint density at radius 2 is 1.89 bits per heavy atom. The largest absolute Gasteiger partial charge is 0.345 e. The van der Waals surface area contributed by atoms with Gasteiger partial charge in [0.05, 0.1) is 6.54 Å². The third-order valence-corrected chi connectivity index (χ3v) is 5.21. The second kappa shape index (κ2) is 9.69. The molecule has 3 aromatic rings. The first kappa shape index (κ1) is 20.3. The Kier molecular flexibility index (Phi) is 7.04. The minimum Gasteiger partial charge on any atom is -0.345 e. The van der Waals surface area contributed by atoms with Crippen molar-refractivity contribution >= 4 is 21.8 Å². The van der Waals surface area contributed by atoms with Crippen molar-refractivity contribution in [3.8, 4) is 0 Å². The first-order chi connectivity index (χ1) is 13.6. The number of carbonyl (C=O) groups excluding carboxylic acids is 1. The number of benzene rings is 2. The van der Waals surface area contributed by atoms with Gasteiger partial charge in [-0.1, -0.05) is 47.5 Å². The number of halogens is 2. The fourth-order valence-corrected chi connectivity index (χ4v) is 3.40. The summed E-state index contributed by atoms with van der Waals surface area (Å²) in [4.78, 5) is 14.8. The Bertz CT molecular complexity index is 920. The SMILES string of the molecule is CCCCN(Cc1cccn1Cc1ccc(Br)cc1)C(=O)c1cccc(F)c1. The van der Waals surface area contributed by atoms with Crippen LogP contribution in [0.2, 0.25) is 0 Å². The second-order valence-corrected chi connectivity index (χ2v) is 7.76. The first-order valence-electron chi connectivity index (χ1n) is 9.50. The summed E-state index contributed by atoms with van der Waals surface area (Å²) in [6, 6.07) is 18.2. The Morgan fingerprint density at radius 3 is 2.61 bits per heavy atom. The number of hydrogen-bond donors (Lipinski definition) is 0. The number of rotatable bonds is 8. The summed E-state index contributed by atoms with van der Waals surface area (Å²) < 4.78 is 16.8. The molecule has 0 saturated heterocycles. The number of carbonyl (C=O) groups is 1. The highest BCUT2D eigenvalue weighted by molar-refractivity contribution is 9.10. The highest BCUT2D eigenvalue weighted by atomic mass is 79.9. The van der Waals surface area contributed by atoms with E-state index in [9.17, 15) is 9.18 Å². The lowest BCUT2D eigenvalue weighted by atomic mass is 10.1. The number of nitrogens with zero attached hydrogens (tertiary/aromatic N) is 2. The molecule has 0 radical (unpaired) electrons. The molecule has 1 aromatic heterocycles. The van der Waals surface area contributed by atoms with Crippen molar-refractivity contribution < 1.29 is 9.18 Å². The third-order valence-electron chi connectivity index (χ3n) is 4.68. The van der Waals surface area contributed by atoms with Gasteiger partial charge in [-0.05, 0) is 54.4 Å². The quantitative estimate of drug-likeness (QED) is 0.427. The maximum atomic E-state index is 13.6. The van der Waals surface area contributed by atoms with Gasteiger partial charge in [-0.3, -0.25) is 4.79 Å². The summed E-state index contributed by atoms with van der Waals surface area (Å²) in [6.07, 6.45) is 3.93. The normalized spacial score (nSPS) is 10.8. The molecule has 3 rings (SSSR count). The zero-order valence-electron chi connectivity index (χ0n) is 15.9. The van der Waals surface area contributed by atoms with Gasteiger partial charge in [0.15, 0.2) is 0 Å². The van der Waals surface area contributed by atoms with Gasteiger partial charge in [-0.2, -0.15) is 0 Å². The molecule has 0 bridgehead atoms. The van der Waals surface area contributed by atoms with Gasteiger partial charge in [0.25, 0.3) is 5.91 Å². The number of amides is 1. The van der Waals surface area contributed by atoms with Gasteiger partial charge >= 0.3 is 0 Å². The molecule has 0 saturated carbocycles. The zero-order valence-corrected chi connectivity index (χ0v) is 17.5. The van der Waals surface area contributed by atoms with Crippen molar-refractivity contribution in [2.45, 2.75) is 32.9 Å². The van der Waals surface area contributed by atoms with Crippen LogP contribution in [0, 0.1) is 5.82 Å². The van der Waals surface area contributed by atoms with Gasteiger partial charge in [-0.15, -0.1) is 0 Å². The van der Waals surface area contributed by atoms with Crippen LogP contribution >= 0.6 is 15.9 Å². The van der Waals surface area contributed by atoms with Crippen molar-refractivity contribution in [3.63, 3.8) is 0 Å². The molecular formula is C23H24BrFN2O. The van der Waals surface area contributed by atoms with E-state index in [-0.39, 0.29) is 11.7 Å². The summed E-state index contributed by atoms with van der Waals surface area (Å²) >= 11 is 3.46. The minimum atomic E-state index is -0.389. The van der Waals surface area contributed by atoms with Crippen molar-refractivity contribution in [3.05, 3.63) is 94.0 Å². The Balaban J connectivity index is 1.78. The van der Waals surface area contributed by atoms with Crippen LogP contribution in [0.15, 0.2) is 71.3 Å². The maximum Gasteiger partial charge on any atom is 0.254 e. The number of aromatic nitrogens is 1. The summed E-state index contributed by atoms with van der Waals surface area (Å²) in [6.45, 7) is 3.99. The fraction of sp³-hybridized carbons (Fsp3) is 0.261. The van der Waals surface area contributed by atoms with Crippen LogP contribution in [0.4, 0.5) is 4.39 Å². The highest BCUT2D eigenvalue weighted by Crippen LogP contribution is 2.16. The van der Waals surface area contributed by atoms with E-state index in [2.05, 4.69) is 39.6 Å². The molecule has 1 amide bonds. The topological polar surface area (TPSA) is 25.2 Å². The number of hydrogen-bond acceptors (Lipinski definition) is 1. The minimum absolute atomic E-state index is 0.135. The third kappa shape index (κ3) is 5.32. The van der Waals surface area contributed by atoms with Crippen LogP contribution in [-0.4, -0.2) is 21.9 Å². The lowest BCUT2D eigenvalue weighted by Crippen LogP contribution is -2.32. The van der Waals surface area contributed by atoms with E-state index in [4.69, 9.17) is 0 Å². The summed E-state index contributed by atoms with van der Waals surface area (Å²) in [5, 5.41) is 0. The smallest absolute Gasteiger partial charge is 0.254 e. The van der Waals surface area contributed by atoms with E-state index in [0.29, 0.717) is 18.7 Å². The van der Waals surface area contributed by atoms with Crippen LogP contribution in [0.3, 0.4) is 0 Å². The van der Waals surface area contributed by atoms with Crippen LogP contribution in [0.5, 0.6) is 0 Å². The molecule has 0 atom stereocenters. The lowest BCUT2D eigenvalue weighted by molar-refractivity contribution is 0.0736. The molecular weight excluding hydrogens is 419 g/mol. The zero-order chi connectivity index (χ0) is 19.9. The summed E-state index contributed by atoms with van der Waals surface area (Å²) in [5.74, 6) is -0.524. The highest BCUT2D eigenvalue weighted by Gasteiger charge is 2.18. The predicted octanol–water partition coefficient (Wildman–Crippen LogP) is 5.88. The Morgan fingerprint density at radius 1 is 1.11 bits per heavy atom. The van der Waals surface area contributed by atoms with Crippen LogP contribution in [-0.2, 0) is 13.1 Å². The molecule has 0 aliphatic rings. The first-order valence-corrected chi connectivity index (χ1v) is 10.3. The fourth-order valence-electron chi connectivity index (χ4n) is 3.13. The summed E-state index contributed by atoms with van der Waals surface area (Å²) in [7, 11) is 0. The molecule has 0 fully saturated rings. The predicted molar refractivity (Wildman–Crippen MR) is 114 cm³/mol. The Hall–Kier alpha value is -2.40. The van der Waals surface area contributed by atoms with Gasteiger partial charge in [0.2, 0.25) is 0 Å². The van der Waals surface area contributed by atoms with Crippen molar-refractivity contribution in [2.24, 2.45) is 0 Å². The molecule has 28 heavy (non-hydrogen) atoms. The number of unbranched alkanes of at least 4 members (excludes halogenated alkanes) is 1. The molecule has 0 unspecified atom stereocenters. The van der Waals surface area contributed by atoms with E-state index in [1.165, 1.54) is 17.7 Å². The van der Waals surface area contributed by atoms with E-state index >= 15 is 0 Å². The van der Waals surface area contributed by atoms with Crippen molar-refractivity contribution in [1.82, 2.24) is 9.47 Å². The molecule has 0 N–H and O–H groups in total. The summed E-state index contributed by atoms with van der Waals surface area (Å²) in [5.41, 5.74) is 2.64. The molecule has 1 heterocycles. The molecule has 3 nitrogen and oxygen atoms in total. The second-order valence-electron chi connectivity index (χ2n) is 6.84. The van der Waals surface area contributed by atoms with E-state index in [1.807, 2.05) is 35.4 Å². The monoisotopic (exact) mass is 442 g/mol. The standard InChI is InChI=1S/C23H24BrFN2O/c1-2-3-13-27(23(28)19-6-4-7-21(25)15-19)17-22-8-5-14-26(22)16-18-9-11-20(24)12-10-18/h4-12,14-15H,2-3,13,16-17H2,1H3. The molecule has 0 spiro atoms. The van der Waals surface area contributed by atoms with Crippen molar-refractivity contribution in [2.75, 3.05) is 6.54 Å². The van der Waals surface area contributed by atoms with E-state index in [1.54, 1.807) is 12.1 Å². The van der Waals surface area contributed by atoms with Crippen molar-refractivity contribution in [1.29, 1.82) is 0 Å². The average molecular weight is 443 g/mol. The molecule has 0 aliphatic heterocycles. The lowest BCUT2D eigenvalue weighted by Gasteiger charge is -2.24. The van der Waals surface area contributed by atoms with Gasteiger partial charge in [0.1, 0.15) is 5.82 Å². The Labute approximate surface area is 173 Å². The molecule has 0 aliphatic carbocycles. The van der Waals surface area contributed by atoms with Crippen LogP contribution < -0.4 is 0 Å². The van der Waals surface area contributed by atoms with E-state index in [0.717, 1.165) is 29.6 Å². The van der Waals surface area contributed by atoms with Crippen LogP contribution in [0.1, 0.15) is 41.4 Å². The van der Waals surface area contributed by atoms with Crippen LogP contribution in [0.25, 0.3) is 0 Å². The van der Waals surface area contributed by atoms with Gasteiger partial charge < -0.3 is 9.47 Å². The average Bonchev–Trinajstić information content (AvgIpc) is 3.13. The maximum absolute atomic E-state index is 13.6. The molecule has 2 aromatic carbocycles. The van der Waals surface area contributed by atoms with Gasteiger partial charge in [-0.25, -0.2) is 4.39 Å². The molecule has 5 heteroatoms. The van der Waals surface area contributed by atoms with Gasteiger partial charge in [0, 0.05) is 35.0 Å².